The van der Waals surface area contributed by atoms with Crippen molar-refractivity contribution in [3.05, 3.63) is 47.5 Å². The number of hydrogen-bond donors (Lipinski definition) is 0. The van der Waals surface area contributed by atoms with E-state index in [0.717, 1.165) is 23.2 Å². The predicted octanol–water partition coefficient (Wildman–Crippen LogP) is 3.54. The summed E-state index contributed by atoms with van der Waals surface area (Å²) in [6.07, 6.45) is 0.813. The lowest BCUT2D eigenvalue weighted by atomic mass is 10.1. The Hall–Kier alpha value is -3.15. The summed E-state index contributed by atoms with van der Waals surface area (Å²) in [6.45, 7) is 2.45. The fourth-order valence-corrected chi connectivity index (χ4v) is 4.24. The largest absolute Gasteiger partial charge is 0.486 e. The van der Waals surface area contributed by atoms with Gasteiger partial charge in [-0.15, -0.1) is 0 Å². The summed E-state index contributed by atoms with van der Waals surface area (Å²) >= 11 is 1.46. The highest BCUT2D eigenvalue weighted by atomic mass is 32.1. The third kappa shape index (κ3) is 4.22. The van der Waals surface area contributed by atoms with Gasteiger partial charge in [0.1, 0.15) is 13.2 Å². The maximum Gasteiger partial charge on any atom is 0.260 e. The fourth-order valence-electron chi connectivity index (χ4n) is 3.24. The average molecular weight is 423 g/mol. The summed E-state index contributed by atoms with van der Waals surface area (Å²) in [5, 5.41) is 9.65. The lowest BCUT2D eigenvalue weighted by molar-refractivity contribution is 0.0986. The van der Waals surface area contributed by atoms with Crippen LogP contribution in [0.4, 0.5) is 5.13 Å². The first-order valence-corrected chi connectivity index (χ1v) is 10.5. The zero-order valence-electron chi connectivity index (χ0n) is 16.9. The van der Waals surface area contributed by atoms with Crippen molar-refractivity contribution in [2.45, 2.75) is 6.42 Å². The normalized spacial score (nSPS) is 12.7. The maximum atomic E-state index is 13.3. The molecular formula is C22H22N4O3S. The van der Waals surface area contributed by atoms with E-state index in [1.807, 2.05) is 26.2 Å². The molecule has 30 heavy (non-hydrogen) atoms. The van der Waals surface area contributed by atoms with Crippen molar-refractivity contribution in [2.75, 3.05) is 45.3 Å². The molecule has 0 aliphatic carbocycles. The molecule has 4 rings (SSSR count). The van der Waals surface area contributed by atoms with Gasteiger partial charge in [0.25, 0.3) is 5.91 Å². The molecular weight excluding hydrogens is 400 g/mol. The van der Waals surface area contributed by atoms with Crippen molar-refractivity contribution in [3.63, 3.8) is 0 Å². The number of amides is 1. The van der Waals surface area contributed by atoms with E-state index in [1.165, 1.54) is 11.3 Å². The molecule has 0 saturated carbocycles. The molecule has 3 aromatic rings. The molecule has 0 spiro atoms. The molecule has 0 atom stereocenters. The number of thiazole rings is 1. The van der Waals surface area contributed by atoms with Crippen LogP contribution in [0.2, 0.25) is 0 Å². The summed E-state index contributed by atoms with van der Waals surface area (Å²) in [5.41, 5.74) is 1.84. The van der Waals surface area contributed by atoms with Crippen LogP contribution in [0.5, 0.6) is 11.5 Å². The highest BCUT2D eigenvalue weighted by Gasteiger charge is 2.23. The minimum atomic E-state index is -0.130. The van der Waals surface area contributed by atoms with Crippen molar-refractivity contribution < 1.29 is 14.3 Å². The third-order valence-corrected chi connectivity index (χ3v) is 5.81. The number of fused-ring (bicyclic) bond motifs is 2. The number of nitrogens with zero attached hydrogens (tertiary/aromatic N) is 4. The zero-order chi connectivity index (χ0) is 21.1. The molecule has 1 aromatic heterocycles. The number of carbonyl (C=O) groups excluding carboxylic acids is 1. The highest BCUT2D eigenvalue weighted by Crippen LogP contribution is 2.39. The second-order valence-corrected chi connectivity index (χ2v) is 8.27. The Morgan fingerprint density at radius 1 is 1.13 bits per heavy atom. The summed E-state index contributed by atoms with van der Waals surface area (Å²) in [4.78, 5) is 21.8. The monoisotopic (exact) mass is 422 g/mol. The molecule has 0 saturated heterocycles. The molecule has 0 radical (unpaired) electrons. The molecule has 0 bridgehead atoms. The van der Waals surface area contributed by atoms with Gasteiger partial charge in [-0.05, 0) is 51.3 Å². The number of ether oxygens (including phenoxy) is 2. The van der Waals surface area contributed by atoms with Crippen molar-refractivity contribution in [1.82, 2.24) is 9.88 Å². The van der Waals surface area contributed by atoms with Crippen LogP contribution in [-0.2, 0) is 0 Å². The van der Waals surface area contributed by atoms with E-state index >= 15 is 0 Å². The summed E-state index contributed by atoms with van der Waals surface area (Å²) in [7, 11) is 4.02. The second kappa shape index (κ2) is 8.69. The lowest BCUT2D eigenvalue weighted by Crippen LogP contribution is -2.33. The van der Waals surface area contributed by atoms with E-state index in [1.54, 1.807) is 29.2 Å². The van der Waals surface area contributed by atoms with E-state index in [2.05, 4.69) is 11.0 Å². The number of aromatic nitrogens is 1. The lowest BCUT2D eigenvalue weighted by Gasteiger charge is -2.21. The first-order chi connectivity index (χ1) is 14.5. The van der Waals surface area contributed by atoms with E-state index in [0.29, 0.717) is 47.5 Å². The Kier molecular flexibility index (Phi) is 5.84. The van der Waals surface area contributed by atoms with Crippen molar-refractivity contribution in [3.8, 4) is 17.6 Å². The van der Waals surface area contributed by atoms with Crippen LogP contribution in [0.3, 0.4) is 0 Å². The van der Waals surface area contributed by atoms with Crippen LogP contribution in [0.15, 0.2) is 36.4 Å². The fraction of sp³-hybridized carbons (Fsp3) is 0.318. The van der Waals surface area contributed by atoms with Gasteiger partial charge in [0.05, 0.1) is 21.8 Å². The first-order valence-electron chi connectivity index (χ1n) is 9.72. The van der Waals surface area contributed by atoms with Crippen molar-refractivity contribution in [1.29, 1.82) is 5.26 Å². The van der Waals surface area contributed by atoms with Crippen LogP contribution in [-0.4, -0.2) is 56.2 Å². The quantitative estimate of drug-likeness (QED) is 0.605. The summed E-state index contributed by atoms with van der Waals surface area (Å²) in [5.74, 6) is 1.26. The molecule has 8 heteroatoms. The Bertz CT molecular complexity index is 1060. The molecule has 2 heterocycles. The van der Waals surface area contributed by atoms with Gasteiger partial charge in [0, 0.05) is 24.2 Å². The van der Waals surface area contributed by atoms with E-state index in [-0.39, 0.29) is 5.91 Å². The average Bonchev–Trinajstić information content (AvgIpc) is 3.16. The standard InChI is InChI=1S/C22H22N4O3S/c1-25(2)8-3-9-26(21(27)16-6-4-15(14-23)5-7-16)22-24-17-12-18-19(13-20(17)30-22)29-11-10-28-18/h4-7,12-13H,3,8-11H2,1-2H3. The first kappa shape index (κ1) is 20.1. The Balaban J connectivity index is 1.67. The molecule has 0 unspecified atom stereocenters. The Morgan fingerprint density at radius 2 is 1.83 bits per heavy atom. The van der Waals surface area contributed by atoms with Gasteiger partial charge in [-0.2, -0.15) is 5.26 Å². The number of nitriles is 1. The molecule has 0 N–H and O–H groups in total. The van der Waals surface area contributed by atoms with Gasteiger partial charge in [-0.25, -0.2) is 4.98 Å². The minimum Gasteiger partial charge on any atom is -0.486 e. The summed E-state index contributed by atoms with van der Waals surface area (Å²) in [6, 6.07) is 12.6. The van der Waals surface area contributed by atoms with Gasteiger partial charge in [-0.3, -0.25) is 9.69 Å². The topological polar surface area (TPSA) is 78.7 Å². The number of anilines is 1. The third-order valence-electron chi connectivity index (χ3n) is 4.77. The molecule has 1 aliphatic rings. The van der Waals surface area contributed by atoms with Crippen LogP contribution in [0.1, 0.15) is 22.3 Å². The smallest absolute Gasteiger partial charge is 0.260 e. The second-order valence-electron chi connectivity index (χ2n) is 7.26. The zero-order valence-corrected chi connectivity index (χ0v) is 17.7. The molecule has 1 aliphatic heterocycles. The van der Waals surface area contributed by atoms with E-state index in [4.69, 9.17) is 19.7 Å². The number of rotatable bonds is 6. The van der Waals surface area contributed by atoms with Crippen LogP contribution in [0, 0.1) is 11.3 Å². The van der Waals surface area contributed by atoms with E-state index < -0.39 is 0 Å². The van der Waals surface area contributed by atoms with Crippen LogP contribution >= 0.6 is 11.3 Å². The number of hydrogen-bond acceptors (Lipinski definition) is 7. The predicted molar refractivity (Wildman–Crippen MR) is 117 cm³/mol. The number of carbonyl (C=O) groups is 1. The van der Waals surface area contributed by atoms with Crippen LogP contribution < -0.4 is 14.4 Å². The minimum absolute atomic E-state index is 0.130. The molecule has 154 valence electrons. The molecule has 0 fully saturated rings. The SMILES string of the molecule is CN(C)CCCN(C(=O)c1ccc(C#N)cc1)c1nc2cc3c(cc2s1)OCCO3. The Labute approximate surface area is 179 Å². The van der Waals surface area contributed by atoms with Gasteiger partial charge < -0.3 is 14.4 Å². The highest BCUT2D eigenvalue weighted by molar-refractivity contribution is 7.22. The van der Waals surface area contributed by atoms with Crippen LogP contribution in [0.25, 0.3) is 10.2 Å². The molecule has 2 aromatic carbocycles. The molecule has 7 nitrogen and oxygen atoms in total. The van der Waals surface area contributed by atoms with Crippen molar-refractivity contribution in [2.24, 2.45) is 0 Å². The maximum absolute atomic E-state index is 13.3. The molecule has 1 amide bonds. The number of benzene rings is 2. The van der Waals surface area contributed by atoms with Gasteiger partial charge >= 0.3 is 0 Å². The van der Waals surface area contributed by atoms with Gasteiger partial charge in [0.2, 0.25) is 0 Å². The Morgan fingerprint density at radius 3 is 2.50 bits per heavy atom. The van der Waals surface area contributed by atoms with Gasteiger partial charge in [0.15, 0.2) is 16.6 Å². The summed E-state index contributed by atoms with van der Waals surface area (Å²) < 4.78 is 12.3. The van der Waals surface area contributed by atoms with Gasteiger partial charge in [-0.1, -0.05) is 11.3 Å². The van der Waals surface area contributed by atoms with Crippen molar-refractivity contribution >= 4 is 32.6 Å². The van der Waals surface area contributed by atoms with E-state index in [9.17, 15) is 4.79 Å².